The molecule has 0 atom stereocenters. The minimum Gasteiger partial charge on any atom is -0.481 e. The smallest absolute Gasteiger partial charge is 0.407 e. The van der Waals surface area contributed by atoms with Gasteiger partial charge in [-0.2, -0.15) is 0 Å². The second-order valence-electron chi connectivity index (χ2n) is 6.18. The van der Waals surface area contributed by atoms with Crippen molar-refractivity contribution in [2.75, 3.05) is 20.2 Å². The first-order valence-electron chi connectivity index (χ1n) is 8.66. The molecular formula is C19H20N4O5. The molecule has 9 nitrogen and oxygen atoms in total. The van der Waals surface area contributed by atoms with E-state index in [0.29, 0.717) is 43.1 Å². The Morgan fingerprint density at radius 1 is 1.29 bits per heavy atom. The van der Waals surface area contributed by atoms with E-state index >= 15 is 0 Å². The van der Waals surface area contributed by atoms with Crippen LogP contribution >= 0.6 is 0 Å². The van der Waals surface area contributed by atoms with Crippen molar-refractivity contribution in [2.24, 2.45) is 0 Å². The summed E-state index contributed by atoms with van der Waals surface area (Å²) in [7, 11) is 1.54. The molecule has 1 saturated heterocycles. The maximum absolute atomic E-state index is 11.0. The van der Waals surface area contributed by atoms with Crippen LogP contribution in [0.3, 0.4) is 0 Å². The summed E-state index contributed by atoms with van der Waals surface area (Å²) in [5, 5.41) is 9.04. The Kier molecular flexibility index (Phi) is 5.79. The molecule has 1 fully saturated rings. The highest BCUT2D eigenvalue weighted by atomic mass is 16.5. The molecule has 28 heavy (non-hydrogen) atoms. The molecule has 1 aliphatic rings. The van der Waals surface area contributed by atoms with Gasteiger partial charge in [0.15, 0.2) is 5.75 Å². The van der Waals surface area contributed by atoms with E-state index in [1.54, 1.807) is 6.07 Å². The number of carboxylic acid groups (broad SMARTS) is 1. The van der Waals surface area contributed by atoms with Crippen molar-refractivity contribution in [1.29, 1.82) is 0 Å². The summed E-state index contributed by atoms with van der Waals surface area (Å²) in [6, 6.07) is 1.74. The molecule has 146 valence electrons. The number of likely N-dealkylation sites (tertiary alicyclic amines) is 1. The van der Waals surface area contributed by atoms with Gasteiger partial charge in [-0.3, -0.25) is 0 Å². The maximum atomic E-state index is 11.0. The van der Waals surface area contributed by atoms with Crippen molar-refractivity contribution in [3.05, 3.63) is 29.7 Å². The number of terminal acetylenes is 1. The van der Waals surface area contributed by atoms with E-state index in [4.69, 9.17) is 25.7 Å². The molecule has 0 aromatic carbocycles. The van der Waals surface area contributed by atoms with Crippen LogP contribution in [-0.4, -0.2) is 57.4 Å². The van der Waals surface area contributed by atoms with E-state index in [1.807, 2.05) is 6.92 Å². The lowest BCUT2D eigenvalue weighted by atomic mass is 10.1. The van der Waals surface area contributed by atoms with Crippen molar-refractivity contribution in [2.45, 2.75) is 25.9 Å². The van der Waals surface area contributed by atoms with Crippen molar-refractivity contribution in [3.8, 4) is 35.7 Å². The average molecular weight is 384 g/mol. The number of carbonyl (C=O) groups is 1. The highest BCUT2D eigenvalue weighted by molar-refractivity contribution is 5.65. The first kappa shape index (κ1) is 19.2. The molecule has 0 unspecified atom stereocenters. The number of piperidine rings is 1. The molecule has 0 spiro atoms. The van der Waals surface area contributed by atoms with E-state index in [1.165, 1.54) is 24.5 Å². The summed E-state index contributed by atoms with van der Waals surface area (Å²) >= 11 is 0. The lowest BCUT2D eigenvalue weighted by molar-refractivity contribution is 0.0867. The Bertz CT molecular complexity index is 904. The Morgan fingerprint density at radius 3 is 2.61 bits per heavy atom. The molecule has 2 aromatic rings. The number of hydrogen-bond acceptors (Lipinski definition) is 7. The van der Waals surface area contributed by atoms with Gasteiger partial charge in [-0.25, -0.2) is 19.7 Å². The molecule has 0 aliphatic carbocycles. The number of pyridine rings is 1. The van der Waals surface area contributed by atoms with Gasteiger partial charge in [0.25, 0.3) is 0 Å². The first-order chi connectivity index (χ1) is 13.5. The zero-order valence-corrected chi connectivity index (χ0v) is 15.6. The number of aromatic nitrogens is 3. The van der Waals surface area contributed by atoms with Gasteiger partial charge < -0.3 is 24.2 Å². The van der Waals surface area contributed by atoms with Gasteiger partial charge in [-0.15, -0.1) is 6.42 Å². The highest BCUT2D eigenvalue weighted by Crippen LogP contribution is 2.31. The predicted molar refractivity (Wildman–Crippen MR) is 98.8 cm³/mol. The normalized spacial score (nSPS) is 14.2. The standard InChI is InChI=1S/C19H20N4O5/c1-4-14-17(27-13-5-7-23(8-6-13)19(24)25)21-11-22-18(14)28-15-10-20-16(26-3)9-12(15)2/h1,9-11,13H,5-8H2,2-3H3,(H,24,25). The third-order valence-electron chi connectivity index (χ3n) is 4.37. The van der Waals surface area contributed by atoms with Gasteiger partial charge in [0.1, 0.15) is 18.0 Å². The number of aryl methyl sites for hydroxylation is 1. The van der Waals surface area contributed by atoms with Crippen LogP contribution in [0.1, 0.15) is 24.0 Å². The van der Waals surface area contributed by atoms with Crippen LogP contribution in [0, 0.1) is 19.3 Å². The largest absolute Gasteiger partial charge is 0.481 e. The Balaban J connectivity index is 1.76. The van der Waals surface area contributed by atoms with Crippen LogP contribution in [0.25, 0.3) is 0 Å². The summed E-state index contributed by atoms with van der Waals surface area (Å²) in [5.74, 6) is 3.90. The van der Waals surface area contributed by atoms with E-state index in [-0.39, 0.29) is 17.9 Å². The van der Waals surface area contributed by atoms with E-state index in [9.17, 15) is 4.79 Å². The van der Waals surface area contributed by atoms with Crippen LogP contribution in [-0.2, 0) is 0 Å². The molecular weight excluding hydrogens is 364 g/mol. The number of rotatable bonds is 5. The second kappa shape index (κ2) is 8.43. The number of nitrogens with zero attached hydrogens (tertiary/aromatic N) is 4. The summed E-state index contributed by atoms with van der Waals surface area (Å²) in [5.41, 5.74) is 1.09. The average Bonchev–Trinajstić information content (AvgIpc) is 2.70. The summed E-state index contributed by atoms with van der Waals surface area (Å²) in [6.07, 6.45) is 8.48. The quantitative estimate of drug-likeness (QED) is 0.784. The minimum absolute atomic E-state index is 0.185. The molecule has 2 aromatic heterocycles. The van der Waals surface area contributed by atoms with Crippen LogP contribution in [0.5, 0.6) is 23.4 Å². The summed E-state index contributed by atoms with van der Waals surface area (Å²) < 4.78 is 16.8. The van der Waals surface area contributed by atoms with Crippen molar-refractivity contribution >= 4 is 6.09 Å². The molecule has 0 bridgehead atoms. The fourth-order valence-electron chi connectivity index (χ4n) is 2.81. The predicted octanol–water partition coefficient (Wildman–Crippen LogP) is 2.48. The zero-order valence-electron chi connectivity index (χ0n) is 15.6. The molecule has 1 amide bonds. The highest BCUT2D eigenvalue weighted by Gasteiger charge is 2.25. The van der Waals surface area contributed by atoms with Crippen LogP contribution < -0.4 is 14.2 Å². The zero-order chi connectivity index (χ0) is 20.1. The Hall–Kier alpha value is -3.54. The van der Waals surface area contributed by atoms with Crippen LogP contribution in [0.15, 0.2) is 18.6 Å². The lowest BCUT2D eigenvalue weighted by Crippen LogP contribution is -2.41. The minimum atomic E-state index is -0.927. The molecule has 1 N–H and O–H groups in total. The van der Waals surface area contributed by atoms with Crippen molar-refractivity contribution in [3.63, 3.8) is 0 Å². The second-order valence-corrected chi connectivity index (χ2v) is 6.18. The van der Waals surface area contributed by atoms with E-state index < -0.39 is 6.09 Å². The topological polar surface area (TPSA) is 107 Å². The van der Waals surface area contributed by atoms with E-state index in [0.717, 1.165) is 5.56 Å². The van der Waals surface area contributed by atoms with Gasteiger partial charge in [0.05, 0.1) is 13.3 Å². The summed E-state index contributed by atoms with van der Waals surface area (Å²) in [4.78, 5) is 24.7. The summed E-state index contributed by atoms with van der Waals surface area (Å²) in [6.45, 7) is 2.65. The fraction of sp³-hybridized carbons (Fsp3) is 0.368. The molecule has 9 heteroatoms. The van der Waals surface area contributed by atoms with Crippen LogP contribution in [0.4, 0.5) is 4.79 Å². The SMILES string of the molecule is C#Cc1c(Oc2cnc(OC)cc2C)ncnc1OC1CCN(C(=O)O)CC1. The fourth-order valence-corrected chi connectivity index (χ4v) is 2.81. The lowest BCUT2D eigenvalue weighted by Gasteiger charge is -2.30. The monoisotopic (exact) mass is 384 g/mol. The van der Waals surface area contributed by atoms with E-state index in [2.05, 4.69) is 20.9 Å². The maximum Gasteiger partial charge on any atom is 0.407 e. The molecule has 1 aliphatic heterocycles. The number of hydrogen-bond donors (Lipinski definition) is 1. The molecule has 0 saturated carbocycles. The molecule has 3 heterocycles. The third kappa shape index (κ3) is 4.23. The number of methoxy groups -OCH3 is 1. The van der Waals surface area contributed by atoms with Crippen molar-refractivity contribution < 1.29 is 24.1 Å². The Morgan fingerprint density at radius 2 is 2.00 bits per heavy atom. The molecule has 3 rings (SSSR count). The van der Waals surface area contributed by atoms with Gasteiger partial charge in [0.2, 0.25) is 17.6 Å². The van der Waals surface area contributed by atoms with Crippen LogP contribution in [0.2, 0.25) is 0 Å². The molecule has 0 radical (unpaired) electrons. The van der Waals surface area contributed by atoms with Gasteiger partial charge >= 0.3 is 6.09 Å². The third-order valence-corrected chi connectivity index (χ3v) is 4.37. The van der Waals surface area contributed by atoms with Gasteiger partial charge in [-0.05, 0) is 12.5 Å². The number of amides is 1. The van der Waals surface area contributed by atoms with Crippen molar-refractivity contribution in [1.82, 2.24) is 19.9 Å². The number of ether oxygens (including phenoxy) is 3. The van der Waals surface area contributed by atoms with Gasteiger partial charge in [-0.1, -0.05) is 5.92 Å². The first-order valence-corrected chi connectivity index (χ1v) is 8.66. The Labute approximate surface area is 162 Å². The van der Waals surface area contributed by atoms with Gasteiger partial charge in [0, 0.05) is 32.0 Å².